The number of hydrogen-bond donors (Lipinski definition) is 1. The number of thioether (sulfide) groups is 1. The van der Waals surface area contributed by atoms with Crippen molar-refractivity contribution in [1.82, 2.24) is 5.32 Å². The molecule has 2 fully saturated rings. The van der Waals surface area contributed by atoms with Gasteiger partial charge < -0.3 is 5.32 Å². The van der Waals surface area contributed by atoms with Crippen LogP contribution in [0.4, 0.5) is 0 Å². The molecule has 1 aliphatic carbocycles. The summed E-state index contributed by atoms with van der Waals surface area (Å²) in [5.74, 6) is 1.97. The zero-order valence-electron chi connectivity index (χ0n) is 11.5. The molecule has 0 aromatic carbocycles. The highest BCUT2D eigenvalue weighted by Crippen LogP contribution is 2.41. The molecule has 1 aliphatic heterocycles. The van der Waals surface area contributed by atoms with Gasteiger partial charge in [-0.2, -0.15) is 0 Å². The van der Waals surface area contributed by atoms with Gasteiger partial charge in [-0.05, 0) is 37.5 Å². The fourth-order valence-corrected chi connectivity index (χ4v) is 3.95. The normalized spacial score (nSPS) is 34.9. The lowest BCUT2D eigenvalue weighted by molar-refractivity contribution is 0.297. The van der Waals surface area contributed by atoms with Crippen LogP contribution in [0.3, 0.4) is 0 Å². The van der Waals surface area contributed by atoms with Crippen molar-refractivity contribution in [3.05, 3.63) is 0 Å². The van der Waals surface area contributed by atoms with Crippen molar-refractivity contribution >= 4 is 16.9 Å². The van der Waals surface area contributed by atoms with E-state index < -0.39 is 0 Å². The van der Waals surface area contributed by atoms with Crippen LogP contribution in [0.1, 0.15) is 52.9 Å². The molecule has 98 valence electrons. The average Bonchev–Trinajstić information content (AvgIpc) is 2.80. The molecule has 0 spiro atoms. The van der Waals surface area contributed by atoms with Gasteiger partial charge in [-0.1, -0.05) is 38.5 Å². The molecule has 0 amide bonds. The molecule has 0 bridgehead atoms. The van der Waals surface area contributed by atoms with Crippen molar-refractivity contribution < 1.29 is 0 Å². The van der Waals surface area contributed by atoms with Crippen LogP contribution in [0.2, 0.25) is 0 Å². The second kappa shape index (κ2) is 5.64. The minimum atomic E-state index is 0.529. The van der Waals surface area contributed by atoms with E-state index in [0.717, 1.165) is 12.5 Å². The van der Waals surface area contributed by atoms with Crippen molar-refractivity contribution in [2.24, 2.45) is 16.3 Å². The maximum atomic E-state index is 4.86. The fourth-order valence-electron chi connectivity index (χ4n) is 2.81. The van der Waals surface area contributed by atoms with E-state index in [0.29, 0.717) is 11.5 Å². The second-order valence-electron chi connectivity index (χ2n) is 5.90. The molecule has 3 heteroatoms. The fraction of sp³-hybridized carbons (Fsp3) is 0.929. The van der Waals surface area contributed by atoms with Crippen molar-refractivity contribution in [2.45, 2.75) is 58.9 Å². The Kier molecular flexibility index (Phi) is 4.40. The Morgan fingerprint density at radius 3 is 2.65 bits per heavy atom. The van der Waals surface area contributed by atoms with Gasteiger partial charge in [0.05, 0.1) is 0 Å². The maximum absolute atomic E-state index is 4.86. The summed E-state index contributed by atoms with van der Waals surface area (Å²) in [4.78, 5) is 4.86. The summed E-state index contributed by atoms with van der Waals surface area (Å²) < 4.78 is 0. The highest BCUT2D eigenvalue weighted by Gasteiger charge is 2.32. The van der Waals surface area contributed by atoms with Crippen LogP contribution in [0.15, 0.2) is 4.99 Å². The molecule has 2 nitrogen and oxygen atoms in total. The van der Waals surface area contributed by atoms with Gasteiger partial charge in [-0.3, -0.25) is 4.99 Å². The summed E-state index contributed by atoms with van der Waals surface area (Å²) in [6.07, 6.45) is 6.88. The lowest BCUT2D eigenvalue weighted by Gasteiger charge is -2.30. The molecule has 2 aliphatic rings. The van der Waals surface area contributed by atoms with Gasteiger partial charge >= 0.3 is 0 Å². The Hall–Kier alpha value is -0.180. The first-order valence-electron chi connectivity index (χ1n) is 7.09. The molecule has 2 unspecified atom stereocenters. The van der Waals surface area contributed by atoms with Gasteiger partial charge in [-0.15, -0.1) is 0 Å². The number of hydrogen-bond acceptors (Lipinski definition) is 2. The van der Waals surface area contributed by atoms with E-state index in [1.807, 2.05) is 11.8 Å². The first-order chi connectivity index (χ1) is 8.15. The van der Waals surface area contributed by atoms with Crippen molar-refractivity contribution in [1.29, 1.82) is 0 Å². The Bertz CT molecular complexity index is 282. The summed E-state index contributed by atoms with van der Waals surface area (Å²) in [5.41, 5.74) is 0.529. The Balaban J connectivity index is 1.91. The summed E-state index contributed by atoms with van der Waals surface area (Å²) in [6.45, 7) is 7.95. The van der Waals surface area contributed by atoms with E-state index in [9.17, 15) is 0 Å². The topological polar surface area (TPSA) is 24.4 Å². The highest BCUT2D eigenvalue weighted by molar-refractivity contribution is 8.13. The smallest absolute Gasteiger partial charge is 0.156 e. The number of rotatable bonds is 3. The van der Waals surface area contributed by atoms with E-state index in [4.69, 9.17) is 4.99 Å². The van der Waals surface area contributed by atoms with E-state index in [1.165, 1.54) is 43.0 Å². The largest absolute Gasteiger partial charge is 0.362 e. The van der Waals surface area contributed by atoms with E-state index >= 15 is 0 Å². The van der Waals surface area contributed by atoms with Crippen LogP contribution in [-0.4, -0.2) is 23.5 Å². The van der Waals surface area contributed by atoms with E-state index in [2.05, 4.69) is 26.1 Å². The standard InChI is InChI=1S/C14H26N2S/c1-4-14(7-5-6-8-14)10-15-13-16-12(3)11(2)9-17-13/h11-12H,4-10H2,1-3H3,(H,15,16). The summed E-state index contributed by atoms with van der Waals surface area (Å²) in [5, 5.41) is 4.73. The SMILES string of the molecule is CCC1(CN=C2NC(C)C(C)CS2)CCCC1. The van der Waals surface area contributed by atoms with Gasteiger partial charge in [0.15, 0.2) is 5.17 Å². The lowest BCUT2D eigenvalue weighted by Crippen LogP contribution is -2.41. The molecule has 17 heavy (non-hydrogen) atoms. The summed E-state index contributed by atoms with van der Waals surface area (Å²) >= 11 is 1.91. The molecule has 1 N–H and O–H groups in total. The third-order valence-corrected chi connectivity index (χ3v) is 5.87. The summed E-state index contributed by atoms with van der Waals surface area (Å²) in [7, 11) is 0. The van der Waals surface area contributed by atoms with Crippen LogP contribution in [-0.2, 0) is 0 Å². The lowest BCUT2D eigenvalue weighted by atomic mass is 9.84. The van der Waals surface area contributed by atoms with Gasteiger partial charge in [0.25, 0.3) is 0 Å². The third kappa shape index (κ3) is 3.18. The molecule has 1 saturated heterocycles. The van der Waals surface area contributed by atoms with Gasteiger partial charge in [0.2, 0.25) is 0 Å². The third-order valence-electron chi connectivity index (χ3n) is 4.66. The molecular weight excluding hydrogens is 228 g/mol. The number of nitrogens with zero attached hydrogens (tertiary/aromatic N) is 1. The second-order valence-corrected chi connectivity index (χ2v) is 6.91. The average molecular weight is 254 g/mol. The number of nitrogens with one attached hydrogen (secondary N) is 1. The van der Waals surface area contributed by atoms with Crippen LogP contribution in [0.5, 0.6) is 0 Å². The first-order valence-corrected chi connectivity index (χ1v) is 8.07. The van der Waals surface area contributed by atoms with Crippen LogP contribution >= 0.6 is 11.8 Å². The Labute approximate surface area is 110 Å². The molecule has 2 atom stereocenters. The van der Waals surface area contributed by atoms with E-state index in [-0.39, 0.29) is 0 Å². The number of amidine groups is 1. The van der Waals surface area contributed by atoms with E-state index in [1.54, 1.807) is 0 Å². The van der Waals surface area contributed by atoms with Gasteiger partial charge in [0, 0.05) is 18.3 Å². The first kappa shape index (κ1) is 13.3. The van der Waals surface area contributed by atoms with Crippen molar-refractivity contribution in [3.63, 3.8) is 0 Å². The predicted octanol–water partition coefficient (Wildman–Crippen LogP) is 3.67. The molecule has 0 aromatic rings. The highest BCUT2D eigenvalue weighted by atomic mass is 32.2. The zero-order valence-corrected chi connectivity index (χ0v) is 12.3. The molecule has 1 heterocycles. The zero-order chi connectivity index (χ0) is 12.3. The quantitative estimate of drug-likeness (QED) is 0.831. The van der Waals surface area contributed by atoms with Gasteiger partial charge in [-0.25, -0.2) is 0 Å². The molecular formula is C14H26N2S. The molecule has 2 rings (SSSR count). The Morgan fingerprint density at radius 2 is 2.06 bits per heavy atom. The monoisotopic (exact) mass is 254 g/mol. The van der Waals surface area contributed by atoms with Crippen molar-refractivity contribution in [2.75, 3.05) is 12.3 Å². The molecule has 1 saturated carbocycles. The molecule has 0 aromatic heterocycles. The minimum absolute atomic E-state index is 0.529. The number of aliphatic imine (C=N–C) groups is 1. The minimum Gasteiger partial charge on any atom is -0.362 e. The van der Waals surface area contributed by atoms with Gasteiger partial charge in [0.1, 0.15) is 0 Å². The van der Waals surface area contributed by atoms with Crippen molar-refractivity contribution in [3.8, 4) is 0 Å². The molecule has 0 radical (unpaired) electrons. The Morgan fingerprint density at radius 1 is 1.35 bits per heavy atom. The van der Waals surface area contributed by atoms with Crippen LogP contribution < -0.4 is 5.32 Å². The van der Waals surface area contributed by atoms with Crippen LogP contribution in [0.25, 0.3) is 0 Å². The maximum Gasteiger partial charge on any atom is 0.156 e. The van der Waals surface area contributed by atoms with Crippen LogP contribution in [0, 0.1) is 11.3 Å². The summed E-state index contributed by atoms with van der Waals surface area (Å²) in [6, 6.07) is 0.580. The predicted molar refractivity (Wildman–Crippen MR) is 77.7 cm³/mol.